The summed E-state index contributed by atoms with van der Waals surface area (Å²) in [5.74, 6) is 0.248. The maximum absolute atomic E-state index is 12.0. The summed E-state index contributed by atoms with van der Waals surface area (Å²) in [4.78, 5) is 16.6. The van der Waals surface area contributed by atoms with Gasteiger partial charge in [-0.3, -0.25) is 4.79 Å². The monoisotopic (exact) mass is 244 g/mol. The lowest BCUT2D eigenvalue weighted by Crippen LogP contribution is -2.26. The number of benzene rings is 1. The van der Waals surface area contributed by atoms with Crippen LogP contribution in [0.3, 0.4) is 0 Å². The van der Waals surface area contributed by atoms with Gasteiger partial charge in [0.1, 0.15) is 0 Å². The van der Waals surface area contributed by atoms with E-state index in [1.807, 2.05) is 36.9 Å². The third kappa shape index (κ3) is 2.31. The van der Waals surface area contributed by atoms with Crippen molar-refractivity contribution < 1.29 is 4.79 Å². The molecule has 1 aliphatic rings. The molecule has 5 heteroatoms. The highest BCUT2D eigenvalue weighted by Gasteiger charge is 2.31. The Bertz CT molecular complexity index is 499. The van der Waals surface area contributed by atoms with Crippen molar-refractivity contribution in [3.05, 3.63) is 39.8 Å². The van der Waals surface area contributed by atoms with Crippen LogP contribution >= 0.6 is 0 Å². The zero-order valence-electron chi connectivity index (χ0n) is 10.6. The number of carbonyl (C=O) groups is 1. The number of hydrogen-bond acceptors (Lipinski definition) is 2. The summed E-state index contributed by atoms with van der Waals surface area (Å²) >= 11 is 0. The van der Waals surface area contributed by atoms with Crippen LogP contribution in [0.15, 0.2) is 23.3 Å². The smallest absolute Gasteiger partial charge is 0.227 e. The van der Waals surface area contributed by atoms with Crippen molar-refractivity contribution in [1.29, 1.82) is 0 Å². The summed E-state index contributed by atoms with van der Waals surface area (Å²) in [5, 5.41) is 3.56. The number of anilines is 1. The number of aryl methyl sites for hydroxylation is 2. The molecule has 1 atom stereocenters. The van der Waals surface area contributed by atoms with Gasteiger partial charge in [-0.25, -0.2) is 0 Å². The van der Waals surface area contributed by atoms with Gasteiger partial charge in [0, 0.05) is 30.1 Å². The number of nitrogens with zero attached hydrogens (tertiary/aromatic N) is 4. The fraction of sp³-hybridized carbons (Fsp3) is 0.462. The Kier molecular flexibility index (Phi) is 3.53. The van der Waals surface area contributed by atoms with E-state index in [0.29, 0.717) is 19.5 Å². The molecule has 0 bridgehead atoms. The van der Waals surface area contributed by atoms with Crippen LogP contribution in [-0.4, -0.2) is 19.0 Å². The van der Waals surface area contributed by atoms with Crippen LogP contribution in [0.2, 0.25) is 0 Å². The standard InChI is InChI=1S/C13H16N4O/c1-9-4-3-5-10(2)13(9)17-8-11(6-12(17)18)7-15-16-14/h3-5,11H,6-8H2,1-2H3. The van der Waals surface area contributed by atoms with Crippen molar-refractivity contribution in [3.63, 3.8) is 0 Å². The molecule has 0 radical (unpaired) electrons. The first-order chi connectivity index (χ1) is 8.63. The van der Waals surface area contributed by atoms with Crippen LogP contribution in [-0.2, 0) is 4.79 Å². The Balaban J connectivity index is 2.24. The molecule has 0 aromatic heterocycles. The second-order valence-electron chi connectivity index (χ2n) is 4.73. The predicted octanol–water partition coefficient (Wildman–Crippen LogP) is 2.97. The molecule has 1 unspecified atom stereocenters. The van der Waals surface area contributed by atoms with Crippen LogP contribution in [0.1, 0.15) is 17.5 Å². The Hall–Kier alpha value is -2.00. The van der Waals surface area contributed by atoms with Crippen LogP contribution < -0.4 is 4.90 Å². The highest BCUT2D eigenvalue weighted by atomic mass is 16.2. The average molecular weight is 244 g/mol. The minimum atomic E-state index is 0.116. The van der Waals surface area contributed by atoms with Gasteiger partial charge in [-0.15, -0.1) is 0 Å². The molecule has 1 aliphatic heterocycles. The number of hydrogen-bond donors (Lipinski definition) is 0. The molecular weight excluding hydrogens is 228 g/mol. The summed E-state index contributed by atoms with van der Waals surface area (Å²) in [6.07, 6.45) is 0.465. The van der Waals surface area contributed by atoms with Crippen molar-refractivity contribution in [2.75, 3.05) is 18.0 Å². The number of rotatable bonds is 3. The van der Waals surface area contributed by atoms with E-state index in [9.17, 15) is 4.79 Å². The SMILES string of the molecule is Cc1cccc(C)c1N1CC(CN=[N+]=[N-])CC1=O. The van der Waals surface area contributed by atoms with Gasteiger partial charge in [0.05, 0.1) is 0 Å². The minimum absolute atomic E-state index is 0.116. The molecule has 0 aliphatic carbocycles. The number of amides is 1. The third-order valence-corrected chi connectivity index (χ3v) is 3.32. The average Bonchev–Trinajstić information content (AvgIpc) is 2.68. The van der Waals surface area contributed by atoms with Gasteiger partial charge in [-0.2, -0.15) is 0 Å². The molecule has 0 spiro atoms. The van der Waals surface area contributed by atoms with E-state index in [0.717, 1.165) is 16.8 Å². The van der Waals surface area contributed by atoms with Crippen molar-refractivity contribution in [3.8, 4) is 0 Å². The summed E-state index contributed by atoms with van der Waals surface area (Å²) in [6.45, 7) is 5.06. The molecule has 94 valence electrons. The van der Waals surface area contributed by atoms with E-state index in [1.165, 1.54) is 0 Å². The molecule has 1 aromatic rings. The highest BCUT2D eigenvalue weighted by Crippen LogP contribution is 2.30. The molecular formula is C13H16N4O. The lowest BCUT2D eigenvalue weighted by molar-refractivity contribution is -0.117. The molecule has 1 amide bonds. The van der Waals surface area contributed by atoms with Gasteiger partial charge < -0.3 is 4.90 Å². The lowest BCUT2D eigenvalue weighted by atomic mass is 10.1. The van der Waals surface area contributed by atoms with Crippen molar-refractivity contribution in [2.45, 2.75) is 20.3 Å². The molecule has 5 nitrogen and oxygen atoms in total. The Labute approximate surface area is 106 Å². The van der Waals surface area contributed by atoms with Crippen LogP contribution in [0.4, 0.5) is 5.69 Å². The molecule has 0 N–H and O–H groups in total. The molecule has 1 fully saturated rings. The van der Waals surface area contributed by atoms with E-state index < -0.39 is 0 Å². The molecule has 1 saturated heterocycles. The lowest BCUT2D eigenvalue weighted by Gasteiger charge is -2.21. The van der Waals surface area contributed by atoms with E-state index in [-0.39, 0.29) is 11.8 Å². The van der Waals surface area contributed by atoms with Crippen molar-refractivity contribution in [1.82, 2.24) is 0 Å². The van der Waals surface area contributed by atoms with Crippen molar-refractivity contribution in [2.24, 2.45) is 11.0 Å². The van der Waals surface area contributed by atoms with Gasteiger partial charge >= 0.3 is 0 Å². The second kappa shape index (κ2) is 5.10. The maximum atomic E-state index is 12.0. The third-order valence-electron chi connectivity index (χ3n) is 3.32. The van der Waals surface area contributed by atoms with Gasteiger partial charge in [0.25, 0.3) is 0 Å². The highest BCUT2D eigenvalue weighted by molar-refractivity contribution is 5.97. The number of azide groups is 1. The molecule has 18 heavy (non-hydrogen) atoms. The zero-order valence-corrected chi connectivity index (χ0v) is 10.6. The maximum Gasteiger partial charge on any atom is 0.227 e. The Morgan fingerprint density at radius 3 is 2.72 bits per heavy atom. The summed E-state index contributed by atoms with van der Waals surface area (Å²) in [5.41, 5.74) is 11.5. The van der Waals surface area contributed by atoms with E-state index >= 15 is 0 Å². The van der Waals surface area contributed by atoms with Crippen molar-refractivity contribution >= 4 is 11.6 Å². The van der Waals surface area contributed by atoms with E-state index in [2.05, 4.69) is 10.0 Å². The first-order valence-corrected chi connectivity index (χ1v) is 6.01. The molecule has 1 heterocycles. The zero-order chi connectivity index (χ0) is 13.1. The molecule has 2 rings (SSSR count). The summed E-state index contributed by atoms with van der Waals surface area (Å²) in [6, 6.07) is 6.01. The van der Waals surface area contributed by atoms with Crippen LogP contribution in [0.5, 0.6) is 0 Å². The fourth-order valence-electron chi connectivity index (χ4n) is 2.50. The Morgan fingerprint density at radius 2 is 2.11 bits per heavy atom. The van der Waals surface area contributed by atoms with E-state index in [4.69, 9.17) is 5.53 Å². The normalized spacial score (nSPS) is 18.9. The first-order valence-electron chi connectivity index (χ1n) is 6.01. The van der Waals surface area contributed by atoms with Crippen LogP contribution in [0, 0.1) is 19.8 Å². The number of carbonyl (C=O) groups excluding carboxylic acids is 1. The van der Waals surface area contributed by atoms with Gasteiger partial charge in [0.15, 0.2) is 0 Å². The molecule has 0 saturated carbocycles. The second-order valence-corrected chi connectivity index (χ2v) is 4.73. The molecule has 1 aromatic carbocycles. The van der Waals surface area contributed by atoms with Gasteiger partial charge in [0.2, 0.25) is 5.91 Å². The quantitative estimate of drug-likeness (QED) is 0.458. The number of para-hydroxylation sites is 1. The summed E-state index contributed by atoms with van der Waals surface area (Å²) in [7, 11) is 0. The predicted molar refractivity (Wildman–Crippen MR) is 70.4 cm³/mol. The topological polar surface area (TPSA) is 69.1 Å². The largest absolute Gasteiger partial charge is 0.312 e. The summed E-state index contributed by atoms with van der Waals surface area (Å²) < 4.78 is 0. The van der Waals surface area contributed by atoms with Crippen LogP contribution in [0.25, 0.3) is 10.4 Å². The Morgan fingerprint density at radius 1 is 1.44 bits per heavy atom. The minimum Gasteiger partial charge on any atom is -0.312 e. The fourth-order valence-corrected chi connectivity index (χ4v) is 2.50. The van der Waals surface area contributed by atoms with Gasteiger partial charge in [-0.05, 0) is 36.4 Å². The van der Waals surface area contributed by atoms with Gasteiger partial charge in [-0.1, -0.05) is 23.3 Å². The first kappa shape index (κ1) is 12.5. The van der Waals surface area contributed by atoms with E-state index in [1.54, 1.807) is 0 Å².